The van der Waals surface area contributed by atoms with Gasteiger partial charge >= 0.3 is 11.8 Å². The summed E-state index contributed by atoms with van der Waals surface area (Å²) in [5.41, 5.74) is 0.792. The van der Waals surface area contributed by atoms with Crippen molar-refractivity contribution in [1.82, 2.24) is 9.55 Å². The van der Waals surface area contributed by atoms with Gasteiger partial charge in [-0.3, -0.25) is 19.1 Å². The molecule has 2 aliphatic rings. The molecule has 0 aliphatic carbocycles. The van der Waals surface area contributed by atoms with Gasteiger partial charge in [-0.25, -0.2) is 9.59 Å². The summed E-state index contributed by atoms with van der Waals surface area (Å²) in [4.78, 5) is 54.7. The molecule has 5 rings (SSSR count). The first-order valence-electron chi connectivity index (χ1n) is 10.8. The van der Waals surface area contributed by atoms with Gasteiger partial charge in [0.15, 0.2) is 0 Å². The summed E-state index contributed by atoms with van der Waals surface area (Å²) < 4.78 is 11.9. The molecule has 2 N–H and O–H groups in total. The number of benzene rings is 2. The van der Waals surface area contributed by atoms with Gasteiger partial charge < -0.3 is 19.8 Å². The number of rotatable bonds is 6. The van der Waals surface area contributed by atoms with Crippen molar-refractivity contribution in [3.63, 3.8) is 0 Å². The minimum Gasteiger partial charge on any atom is -0.495 e. The number of cyclic esters (lactones) is 1. The number of aromatic nitrogens is 2. The maximum Gasteiger partial charge on any atom is 0.414 e. The number of methoxy groups -OCH3 is 1. The van der Waals surface area contributed by atoms with Crippen molar-refractivity contribution in [1.29, 1.82) is 0 Å². The number of hydrogen-bond donors (Lipinski definition) is 2. The van der Waals surface area contributed by atoms with Crippen LogP contribution in [0.25, 0.3) is 10.9 Å². The zero-order valence-corrected chi connectivity index (χ0v) is 19.1. The summed E-state index contributed by atoms with van der Waals surface area (Å²) in [7, 11) is 1.48. The predicted molar refractivity (Wildman–Crippen MR) is 128 cm³/mol. The lowest BCUT2D eigenvalue weighted by molar-refractivity contribution is -0.113. The van der Waals surface area contributed by atoms with Crippen LogP contribution in [0.15, 0.2) is 50.9 Å². The van der Waals surface area contributed by atoms with Crippen LogP contribution in [0.1, 0.15) is 12.8 Å². The normalized spacial score (nSPS) is 17.4. The number of ether oxygens (including phenoxy) is 2. The summed E-state index contributed by atoms with van der Waals surface area (Å²) >= 11 is 1.45. The topological polar surface area (TPSA) is 123 Å². The minimum atomic E-state index is -0.513. The fourth-order valence-corrected chi connectivity index (χ4v) is 5.01. The maximum atomic E-state index is 12.8. The fraction of sp³-hybridized carbons (Fsp3) is 0.304. The molecule has 1 unspecified atom stereocenters. The van der Waals surface area contributed by atoms with E-state index in [1.54, 1.807) is 24.3 Å². The number of H-pyrrole nitrogens is 1. The third-order valence-electron chi connectivity index (χ3n) is 5.89. The van der Waals surface area contributed by atoms with E-state index in [0.717, 1.165) is 9.46 Å². The zero-order valence-electron chi connectivity index (χ0n) is 18.3. The third kappa shape index (κ3) is 4.03. The summed E-state index contributed by atoms with van der Waals surface area (Å²) in [6.45, 7) is 0.538. The van der Waals surface area contributed by atoms with Crippen molar-refractivity contribution in [3.8, 4) is 5.75 Å². The van der Waals surface area contributed by atoms with E-state index in [-0.39, 0.29) is 18.6 Å². The van der Waals surface area contributed by atoms with E-state index < -0.39 is 17.3 Å². The SMILES string of the molecule is COc1cccc2c(=O)n(CCCC3CN(c4ccc5c(c4)NC(=O)CS5)C(=O)O3)c(=O)[nH]c12. The van der Waals surface area contributed by atoms with Gasteiger partial charge in [-0.15, -0.1) is 11.8 Å². The molecule has 1 fully saturated rings. The monoisotopic (exact) mass is 482 g/mol. The highest BCUT2D eigenvalue weighted by atomic mass is 32.2. The van der Waals surface area contributed by atoms with Gasteiger partial charge in [0.1, 0.15) is 11.9 Å². The first-order chi connectivity index (χ1) is 16.4. The minimum absolute atomic E-state index is 0.0751. The molecule has 3 aromatic rings. The molecule has 3 heterocycles. The smallest absolute Gasteiger partial charge is 0.414 e. The van der Waals surface area contributed by atoms with Crippen LogP contribution in [0.5, 0.6) is 5.75 Å². The number of amides is 2. The van der Waals surface area contributed by atoms with Crippen LogP contribution in [-0.2, 0) is 16.1 Å². The summed E-state index contributed by atoms with van der Waals surface area (Å²) in [5.74, 6) is 0.725. The quantitative estimate of drug-likeness (QED) is 0.554. The van der Waals surface area contributed by atoms with Crippen LogP contribution < -0.4 is 26.2 Å². The Hall–Kier alpha value is -3.73. The second-order valence-electron chi connectivity index (χ2n) is 8.05. The predicted octanol–water partition coefficient (Wildman–Crippen LogP) is 2.55. The summed E-state index contributed by atoms with van der Waals surface area (Å²) in [6.07, 6.45) is 0.124. The van der Waals surface area contributed by atoms with Gasteiger partial charge in [-0.1, -0.05) is 6.07 Å². The Balaban J connectivity index is 1.26. The van der Waals surface area contributed by atoms with Crippen molar-refractivity contribution < 1.29 is 19.1 Å². The standard InChI is InChI=1S/C23H22N4O6S/c1-32-17-6-2-5-15-20(17)25-22(30)26(21(15)29)9-3-4-14-11-27(23(31)33-14)13-7-8-18-16(10-13)24-19(28)12-34-18/h2,5-8,10,14H,3-4,9,11-12H2,1H3,(H,24,28)(H,25,30). The van der Waals surface area contributed by atoms with Crippen LogP contribution in [0, 0.1) is 0 Å². The molecular formula is C23H22N4O6S. The van der Waals surface area contributed by atoms with E-state index in [9.17, 15) is 19.2 Å². The number of fused-ring (bicyclic) bond motifs is 2. The Kier molecular flexibility index (Phi) is 5.78. The molecule has 10 nitrogen and oxygen atoms in total. The highest BCUT2D eigenvalue weighted by Gasteiger charge is 2.32. The van der Waals surface area contributed by atoms with Crippen molar-refractivity contribution in [2.45, 2.75) is 30.4 Å². The van der Waals surface area contributed by atoms with Gasteiger partial charge in [0, 0.05) is 17.1 Å². The number of carbonyl (C=O) groups is 2. The van der Waals surface area contributed by atoms with Gasteiger partial charge in [0.25, 0.3) is 5.56 Å². The van der Waals surface area contributed by atoms with E-state index in [1.807, 2.05) is 12.1 Å². The molecule has 11 heteroatoms. The summed E-state index contributed by atoms with van der Waals surface area (Å²) in [6, 6.07) is 10.5. The Bertz CT molecular complexity index is 1410. The Labute approximate surface area is 197 Å². The molecule has 1 aromatic heterocycles. The van der Waals surface area contributed by atoms with Gasteiger partial charge in [0.2, 0.25) is 5.91 Å². The third-order valence-corrected chi connectivity index (χ3v) is 6.96. The van der Waals surface area contributed by atoms with Crippen LogP contribution >= 0.6 is 11.8 Å². The van der Waals surface area contributed by atoms with Crippen LogP contribution in [-0.4, -0.2) is 47.1 Å². The molecule has 0 bridgehead atoms. The lowest BCUT2D eigenvalue weighted by atomic mass is 10.1. The van der Waals surface area contributed by atoms with Crippen molar-refractivity contribution >= 4 is 46.0 Å². The first kappa shape index (κ1) is 22.1. The molecule has 1 atom stereocenters. The average Bonchev–Trinajstić information content (AvgIpc) is 3.20. The second-order valence-corrected chi connectivity index (χ2v) is 9.06. The van der Waals surface area contributed by atoms with Gasteiger partial charge in [-0.05, 0) is 43.2 Å². The highest BCUT2D eigenvalue weighted by molar-refractivity contribution is 8.00. The number of anilines is 2. The Morgan fingerprint density at radius 3 is 2.85 bits per heavy atom. The largest absolute Gasteiger partial charge is 0.495 e. The molecule has 2 aromatic carbocycles. The van der Waals surface area contributed by atoms with E-state index >= 15 is 0 Å². The van der Waals surface area contributed by atoms with Crippen molar-refractivity contribution in [2.75, 3.05) is 29.6 Å². The van der Waals surface area contributed by atoms with Crippen LogP contribution in [0.3, 0.4) is 0 Å². The molecular weight excluding hydrogens is 460 g/mol. The lowest BCUT2D eigenvalue weighted by Crippen LogP contribution is -2.35. The number of carbonyl (C=O) groups excluding carboxylic acids is 2. The van der Waals surface area contributed by atoms with Crippen molar-refractivity contribution in [3.05, 3.63) is 57.2 Å². The number of thioether (sulfide) groups is 1. The molecule has 2 amide bonds. The van der Waals surface area contributed by atoms with Crippen LogP contribution in [0.2, 0.25) is 0 Å². The lowest BCUT2D eigenvalue weighted by Gasteiger charge is -2.20. The van der Waals surface area contributed by atoms with E-state index in [1.165, 1.54) is 23.8 Å². The number of para-hydroxylation sites is 1. The second kappa shape index (κ2) is 8.90. The molecule has 0 spiro atoms. The Morgan fingerprint density at radius 2 is 2.03 bits per heavy atom. The molecule has 176 valence electrons. The Morgan fingerprint density at radius 1 is 1.18 bits per heavy atom. The van der Waals surface area contributed by atoms with Gasteiger partial charge in [0.05, 0.1) is 36.0 Å². The molecule has 34 heavy (non-hydrogen) atoms. The number of nitrogens with zero attached hydrogens (tertiary/aromatic N) is 2. The number of aromatic amines is 1. The van der Waals surface area contributed by atoms with E-state index in [2.05, 4.69) is 10.3 Å². The molecule has 0 saturated carbocycles. The number of nitrogens with one attached hydrogen (secondary N) is 2. The average molecular weight is 483 g/mol. The first-order valence-corrected chi connectivity index (χ1v) is 11.8. The van der Waals surface area contributed by atoms with E-state index in [4.69, 9.17) is 9.47 Å². The number of hydrogen-bond acceptors (Lipinski definition) is 7. The highest BCUT2D eigenvalue weighted by Crippen LogP contribution is 2.35. The molecule has 1 saturated heterocycles. The zero-order chi connectivity index (χ0) is 23.8. The molecule has 2 aliphatic heterocycles. The van der Waals surface area contributed by atoms with Crippen molar-refractivity contribution in [2.24, 2.45) is 0 Å². The van der Waals surface area contributed by atoms with E-state index in [0.29, 0.717) is 53.2 Å². The molecule has 0 radical (unpaired) electrons. The fourth-order valence-electron chi connectivity index (χ4n) is 4.22. The van der Waals surface area contributed by atoms with Gasteiger partial charge in [-0.2, -0.15) is 0 Å². The maximum absolute atomic E-state index is 12.8. The van der Waals surface area contributed by atoms with Crippen LogP contribution in [0.4, 0.5) is 16.2 Å². The summed E-state index contributed by atoms with van der Waals surface area (Å²) in [5, 5.41) is 3.19.